The summed E-state index contributed by atoms with van der Waals surface area (Å²) in [6.07, 6.45) is 2.00. The zero-order chi connectivity index (χ0) is 14.2. The number of carbonyl (C=O) groups excluding carboxylic acids is 1. The van der Waals surface area contributed by atoms with Crippen LogP contribution in [-0.2, 0) is 4.79 Å². The highest BCUT2D eigenvalue weighted by Gasteiger charge is 2.34. The Balaban J connectivity index is 2.51. The van der Waals surface area contributed by atoms with E-state index in [2.05, 4.69) is 22.5 Å². The second-order valence-corrected chi connectivity index (χ2v) is 5.42. The molecule has 1 aliphatic heterocycles. The van der Waals surface area contributed by atoms with E-state index in [1.165, 1.54) is 11.0 Å². The van der Waals surface area contributed by atoms with Gasteiger partial charge in [0.25, 0.3) is 0 Å². The minimum absolute atomic E-state index is 0.00245. The van der Waals surface area contributed by atoms with Gasteiger partial charge in [0.15, 0.2) is 0 Å². The van der Waals surface area contributed by atoms with Crippen molar-refractivity contribution in [1.29, 1.82) is 0 Å². The largest absolute Gasteiger partial charge is 0.312 e. The lowest BCUT2D eigenvalue weighted by molar-refractivity contribution is -0.384. The van der Waals surface area contributed by atoms with Crippen molar-refractivity contribution in [2.45, 2.75) is 6.42 Å². The van der Waals surface area contributed by atoms with Gasteiger partial charge in [-0.3, -0.25) is 14.9 Å². The maximum absolute atomic E-state index is 11.9. The van der Waals surface area contributed by atoms with Gasteiger partial charge in [0.05, 0.1) is 4.92 Å². The molecule has 5 nitrogen and oxygen atoms in total. The van der Waals surface area contributed by atoms with Crippen molar-refractivity contribution in [3.05, 3.63) is 44.4 Å². The molecule has 2 rings (SSSR count). The average Bonchev–Trinajstić information content (AvgIpc) is 2.73. The van der Waals surface area contributed by atoms with E-state index in [0.29, 0.717) is 17.4 Å². The topological polar surface area (TPSA) is 63.5 Å². The normalized spacial score (nSPS) is 18.7. The molecule has 1 saturated heterocycles. The van der Waals surface area contributed by atoms with Gasteiger partial charge >= 0.3 is 5.69 Å². The van der Waals surface area contributed by atoms with E-state index in [1.54, 1.807) is 12.1 Å². The summed E-state index contributed by atoms with van der Waals surface area (Å²) >= 11 is 9.08. The molecule has 100 valence electrons. The first-order valence-corrected chi connectivity index (χ1v) is 6.68. The van der Waals surface area contributed by atoms with Crippen molar-refractivity contribution in [1.82, 2.24) is 0 Å². The highest BCUT2D eigenvalue weighted by atomic mass is 79.9. The lowest BCUT2D eigenvalue weighted by atomic mass is 10.1. The molecule has 1 fully saturated rings. The number of amides is 1. The third-order valence-corrected chi connectivity index (χ3v) is 4.28. The van der Waals surface area contributed by atoms with Crippen molar-refractivity contribution >= 4 is 44.8 Å². The zero-order valence-electron chi connectivity index (χ0n) is 9.81. The van der Waals surface area contributed by atoms with Crippen molar-refractivity contribution in [2.75, 3.05) is 11.4 Å². The second-order valence-electron chi connectivity index (χ2n) is 4.19. The van der Waals surface area contributed by atoms with E-state index >= 15 is 0 Å². The van der Waals surface area contributed by atoms with Crippen molar-refractivity contribution in [2.24, 2.45) is 5.92 Å². The van der Waals surface area contributed by atoms with Gasteiger partial charge in [-0.2, -0.15) is 0 Å². The quantitative estimate of drug-likeness (QED) is 0.478. The minimum atomic E-state index is -0.572. The summed E-state index contributed by atoms with van der Waals surface area (Å²) in [5.41, 5.74) is -0.0262. The van der Waals surface area contributed by atoms with Crippen LogP contribution in [0.25, 0.3) is 0 Å². The molecule has 1 amide bonds. The number of rotatable bonds is 3. The fraction of sp³-hybridized carbons (Fsp3) is 0.250. The average molecular weight is 346 g/mol. The van der Waals surface area contributed by atoms with E-state index in [-0.39, 0.29) is 28.2 Å². The van der Waals surface area contributed by atoms with Gasteiger partial charge in [-0.05, 0) is 28.1 Å². The Hall–Kier alpha value is -1.40. The number of carbonyl (C=O) groups is 1. The Bertz CT molecular complexity index is 576. The minimum Gasteiger partial charge on any atom is -0.306 e. The summed E-state index contributed by atoms with van der Waals surface area (Å²) in [6, 6.07) is 3.12. The molecule has 1 aliphatic rings. The maximum Gasteiger partial charge on any atom is 0.312 e. The SMILES string of the molecule is C=CC1CC(=O)N(c2ccc(Br)c(Cl)c2[N+](=O)[O-])C1. The monoisotopic (exact) mass is 344 g/mol. The van der Waals surface area contributed by atoms with Crippen molar-refractivity contribution in [3.63, 3.8) is 0 Å². The summed E-state index contributed by atoms with van der Waals surface area (Å²) < 4.78 is 0.427. The molecule has 0 bridgehead atoms. The predicted octanol–water partition coefficient (Wildman–Crippen LogP) is 3.55. The van der Waals surface area contributed by atoms with Crippen molar-refractivity contribution < 1.29 is 9.72 Å². The van der Waals surface area contributed by atoms with Gasteiger partial charge in [0.2, 0.25) is 5.91 Å². The molecule has 0 spiro atoms. The zero-order valence-corrected chi connectivity index (χ0v) is 12.1. The molecule has 7 heteroatoms. The summed E-state index contributed by atoms with van der Waals surface area (Å²) in [4.78, 5) is 23.9. The summed E-state index contributed by atoms with van der Waals surface area (Å²) in [5, 5.41) is 11.1. The molecule has 1 atom stereocenters. The third kappa shape index (κ3) is 2.50. The van der Waals surface area contributed by atoms with Crippen LogP contribution in [0.4, 0.5) is 11.4 Å². The highest BCUT2D eigenvalue weighted by molar-refractivity contribution is 9.10. The number of halogens is 2. The smallest absolute Gasteiger partial charge is 0.306 e. The van der Waals surface area contributed by atoms with Gasteiger partial charge in [0.1, 0.15) is 10.7 Å². The Morgan fingerprint density at radius 3 is 2.79 bits per heavy atom. The molecule has 0 N–H and O–H groups in total. The van der Waals surface area contributed by atoms with Gasteiger partial charge in [-0.15, -0.1) is 6.58 Å². The highest BCUT2D eigenvalue weighted by Crippen LogP contribution is 2.41. The van der Waals surface area contributed by atoms with Crippen LogP contribution >= 0.6 is 27.5 Å². The number of nitro groups is 1. The fourth-order valence-electron chi connectivity index (χ4n) is 2.05. The summed E-state index contributed by atoms with van der Waals surface area (Å²) in [6.45, 7) is 4.04. The molecule has 1 aromatic rings. The van der Waals surface area contributed by atoms with E-state index in [1.807, 2.05) is 0 Å². The van der Waals surface area contributed by atoms with Crippen LogP contribution in [0.15, 0.2) is 29.3 Å². The van der Waals surface area contributed by atoms with E-state index in [4.69, 9.17) is 11.6 Å². The van der Waals surface area contributed by atoms with Gasteiger partial charge < -0.3 is 4.90 Å². The molecular formula is C12H10BrClN2O3. The molecule has 1 heterocycles. The Labute approximate surface area is 123 Å². The Kier molecular flexibility index (Phi) is 3.91. The first kappa shape index (κ1) is 14.0. The third-order valence-electron chi connectivity index (χ3n) is 3.01. The first-order valence-electron chi connectivity index (χ1n) is 5.51. The Morgan fingerprint density at radius 2 is 2.26 bits per heavy atom. The molecular weight excluding hydrogens is 336 g/mol. The molecule has 0 aromatic heterocycles. The van der Waals surface area contributed by atoms with E-state index in [0.717, 1.165) is 0 Å². The first-order chi connectivity index (χ1) is 8.95. The predicted molar refractivity (Wildman–Crippen MR) is 76.5 cm³/mol. The number of hydrogen-bond acceptors (Lipinski definition) is 3. The van der Waals surface area contributed by atoms with Crippen LogP contribution < -0.4 is 4.90 Å². The van der Waals surface area contributed by atoms with Crippen LogP contribution in [0.2, 0.25) is 5.02 Å². The molecule has 19 heavy (non-hydrogen) atoms. The standard InChI is InChI=1S/C12H10BrClN2O3/c1-2-7-5-10(17)15(6-7)9-4-3-8(13)11(14)12(9)16(18)19/h2-4,7H,1,5-6H2. The molecule has 0 radical (unpaired) electrons. The lowest BCUT2D eigenvalue weighted by Gasteiger charge is -2.17. The number of anilines is 1. The van der Waals surface area contributed by atoms with Crippen molar-refractivity contribution in [3.8, 4) is 0 Å². The van der Waals surface area contributed by atoms with Gasteiger partial charge in [0, 0.05) is 23.4 Å². The number of hydrogen-bond donors (Lipinski definition) is 0. The maximum atomic E-state index is 11.9. The Morgan fingerprint density at radius 1 is 1.58 bits per heavy atom. The summed E-state index contributed by atoms with van der Waals surface area (Å²) in [7, 11) is 0. The molecule has 1 aromatic carbocycles. The fourth-order valence-corrected chi connectivity index (χ4v) is 2.60. The van der Waals surface area contributed by atoms with E-state index in [9.17, 15) is 14.9 Å². The molecule has 0 aliphatic carbocycles. The van der Waals surface area contributed by atoms with Crippen LogP contribution in [0, 0.1) is 16.0 Å². The van der Waals surface area contributed by atoms with Crippen LogP contribution in [0.3, 0.4) is 0 Å². The van der Waals surface area contributed by atoms with Gasteiger partial charge in [-0.25, -0.2) is 0 Å². The van der Waals surface area contributed by atoms with Crippen LogP contribution in [0.5, 0.6) is 0 Å². The number of nitro benzene ring substituents is 1. The van der Waals surface area contributed by atoms with Gasteiger partial charge in [-0.1, -0.05) is 17.7 Å². The van der Waals surface area contributed by atoms with Crippen LogP contribution in [0.1, 0.15) is 6.42 Å². The molecule has 0 saturated carbocycles. The van der Waals surface area contributed by atoms with E-state index < -0.39 is 4.92 Å². The number of nitrogens with zero attached hydrogens (tertiary/aromatic N) is 2. The summed E-state index contributed by atoms with van der Waals surface area (Å²) in [5.74, 6) is -0.152. The second kappa shape index (κ2) is 5.30. The lowest BCUT2D eigenvalue weighted by Crippen LogP contribution is -2.25. The molecule has 1 unspecified atom stereocenters. The number of benzene rings is 1. The van der Waals surface area contributed by atoms with Crippen LogP contribution in [-0.4, -0.2) is 17.4 Å².